The molecule has 0 saturated heterocycles. The Kier molecular flexibility index (Phi) is 5.61. The summed E-state index contributed by atoms with van der Waals surface area (Å²) >= 11 is 0. The highest BCUT2D eigenvalue weighted by atomic mass is 19.3. The van der Waals surface area contributed by atoms with Gasteiger partial charge in [0, 0.05) is 0 Å². The van der Waals surface area contributed by atoms with Crippen molar-refractivity contribution < 1.29 is 28.8 Å². The molecule has 0 aliphatic rings. The van der Waals surface area contributed by atoms with Gasteiger partial charge in [0.05, 0.1) is 19.8 Å². The molecule has 18 heavy (non-hydrogen) atoms. The topological polar surface area (TPSA) is 69.9 Å². The summed E-state index contributed by atoms with van der Waals surface area (Å²) in [6, 6.07) is 8.88. The second-order valence-electron chi connectivity index (χ2n) is 3.89. The van der Waals surface area contributed by atoms with Crippen LogP contribution in [-0.4, -0.2) is 46.7 Å². The lowest BCUT2D eigenvalue weighted by Gasteiger charge is -2.25. The molecule has 0 fully saturated rings. The van der Waals surface area contributed by atoms with Crippen LogP contribution in [0.5, 0.6) is 0 Å². The Morgan fingerprint density at radius 3 is 2.28 bits per heavy atom. The SMILES string of the molecule is OCC(O)C(F)(F)[C@H](O)COCc1ccccc1. The maximum absolute atomic E-state index is 13.2. The first kappa shape index (κ1) is 15.0. The third kappa shape index (κ3) is 3.99. The third-order valence-electron chi connectivity index (χ3n) is 2.45. The van der Waals surface area contributed by atoms with Crippen molar-refractivity contribution in [3.8, 4) is 0 Å². The predicted molar refractivity (Wildman–Crippen MR) is 60.1 cm³/mol. The Morgan fingerprint density at radius 2 is 1.72 bits per heavy atom. The smallest absolute Gasteiger partial charge is 0.303 e. The average Bonchev–Trinajstić information content (AvgIpc) is 2.38. The minimum absolute atomic E-state index is 0.0865. The van der Waals surface area contributed by atoms with E-state index in [2.05, 4.69) is 0 Å². The van der Waals surface area contributed by atoms with E-state index < -0.39 is 31.3 Å². The highest BCUT2D eigenvalue weighted by Gasteiger charge is 2.45. The van der Waals surface area contributed by atoms with Gasteiger partial charge in [-0.1, -0.05) is 30.3 Å². The van der Waals surface area contributed by atoms with Gasteiger partial charge in [-0.25, -0.2) is 8.78 Å². The monoisotopic (exact) mass is 262 g/mol. The Hall–Kier alpha value is -1.08. The zero-order valence-corrected chi connectivity index (χ0v) is 9.67. The Morgan fingerprint density at radius 1 is 1.11 bits per heavy atom. The molecule has 0 aliphatic carbocycles. The minimum atomic E-state index is -3.80. The van der Waals surface area contributed by atoms with Crippen molar-refractivity contribution in [2.24, 2.45) is 0 Å². The van der Waals surface area contributed by atoms with Gasteiger partial charge in [-0.05, 0) is 5.56 Å². The third-order valence-corrected chi connectivity index (χ3v) is 2.45. The molecular weight excluding hydrogens is 246 g/mol. The summed E-state index contributed by atoms with van der Waals surface area (Å²) in [5.41, 5.74) is 0.788. The maximum atomic E-state index is 13.2. The molecule has 2 atom stereocenters. The van der Waals surface area contributed by atoms with Gasteiger partial charge in [0.2, 0.25) is 0 Å². The van der Waals surface area contributed by atoms with Crippen molar-refractivity contribution >= 4 is 0 Å². The van der Waals surface area contributed by atoms with E-state index in [0.717, 1.165) is 5.56 Å². The Bertz CT molecular complexity index is 345. The van der Waals surface area contributed by atoms with E-state index in [-0.39, 0.29) is 6.61 Å². The normalized spacial score (nSPS) is 15.4. The van der Waals surface area contributed by atoms with Gasteiger partial charge in [0.1, 0.15) is 12.2 Å². The van der Waals surface area contributed by atoms with E-state index in [9.17, 15) is 13.9 Å². The van der Waals surface area contributed by atoms with Crippen LogP contribution < -0.4 is 0 Å². The molecule has 0 radical (unpaired) electrons. The van der Waals surface area contributed by atoms with E-state index >= 15 is 0 Å². The molecule has 0 amide bonds. The summed E-state index contributed by atoms with van der Waals surface area (Å²) in [6.07, 6.45) is -4.46. The zero-order chi connectivity index (χ0) is 13.6. The number of aliphatic hydroxyl groups excluding tert-OH is 3. The highest BCUT2D eigenvalue weighted by molar-refractivity contribution is 5.13. The van der Waals surface area contributed by atoms with Crippen molar-refractivity contribution in [2.45, 2.75) is 24.7 Å². The number of rotatable bonds is 7. The van der Waals surface area contributed by atoms with Crippen LogP contribution in [0.1, 0.15) is 5.56 Å². The van der Waals surface area contributed by atoms with E-state index in [0.29, 0.717) is 0 Å². The molecule has 102 valence electrons. The standard InChI is InChI=1S/C12H16F2O4/c13-12(14,10(16)6-15)11(17)8-18-7-9-4-2-1-3-5-9/h1-5,10-11,15-17H,6-8H2/t10?,11-/m1/s1. The van der Waals surface area contributed by atoms with Gasteiger partial charge in [0.25, 0.3) is 0 Å². The lowest BCUT2D eigenvalue weighted by molar-refractivity contribution is -0.200. The number of alkyl halides is 2. The van der Waals surface area contributed by atoms with Crippen LogP contribution in [0.3, 0.4) is 0 Å². The minimum Gasteiger partial charge on any atom is -0.393 e. The predicted octanol–water partition coefficient (Wildman–Crippen LogP) is 0.553. The lowest BCUT2D eigenvalue weighted by atomic mass is 10.1. The zero-order valence-electron chi connectivity index (χ0n) is 9.67. The first-order valence-corrected chi connectivity index (χ1v) is 5.45. The van der Waals surface area contributed by atoms with Crippen molar-refractivity contribution in [3.05, 3.63) is 35.9 Å². The summed E-state index contributed by atoms with van der Waals surface area (Å²) in [7, 11) is 0. The number of aliphatic hydroxyl groups is 3. The van der Waals surface area contributed by atoms with Gasteiger partial charge in [-0.2, -0.15) is 0 Å². The molecular formula is C12H16F2O4. The molecule has 0 saturated carbocycles. The van der Waals surface area contributed by atoms with Crippen molar-refractivity contribution in [1.29, 1.82) is 0 Å². The number of ether oxygens (including phenoxy) is 1. The van der Waals surface area contributed by atoms with Crippen molar-refractivity contribution in [3.63, 3.8) is 0 Å². The van der Waals surface area contributed by atoms with E-state index in [1.807, 2.05) is 6.07 Å². The lowest BCUT2D eigenvalue weighted by Crippen LogP contribution is -2.48. The van der Waals surface area contributed by atoms with Crippen LogP contribution in [0.4, 0.5) is 8.78 Å². The van der Waals surface area contributed by atoms with Crippen LogP contribution in [0.2, 0.25) is 0 Å². The molecule has 3 N–H and O–H groups in total. The first-order chi connectivity index (χ1) is 8.48. The number of hydrogen-bond acceptors (Lipinski definition) is 4. The van der Waals surface area contributed by atoms with Crippen LogP contribution in [0.15, 0.2) is 30.3 Å². The van der Waals surface area contributed by atoms with Gasteiger partial charge >= 0.3 is 5.92 Å². The molecule has 0 aliphatic heterocycles. The number of benzene rings is 1. The van der Waals surface area contributed by atoms with Crippen LogP contribution in [-0.2, 0) is 11.3 Å². The van der Waals surface area contributed by atoms with Crippen molar-refractivity contribution in [2.75, 3.05) is 13.2 Å². The van der Waals surface area contributed by atoms with Gasteiger partial charge in [0.15, 0.2) is 0 Å². The van der Waals surface area contributed by atoms with Crippen LogP contribution in [0.25, 0.3) is 0 Å². The highest BCUT2D eigenvalue weighted by Crippen LogP contribution is 2.23. The van der Waals surface area contributed by atoms with E-state index in [4.69, 9.17) is 14.9 Å². The maximum Gasteiger partial charge on any atom is 0.303 e. The largest absolute Gasteiger partial charge is 0.393 e. The van der Waals surface area contributed by atoms with Crippen LogP contribution in [0, 0.1) is 0 Å². The van der Waals surface area contributed by atoms with Gasteiger partial charge in [-0.15, -0.1) is 0 Å². The van der Waals surface area contributed by atoms with Crippen LogP contribution >= 0.6 is 0 Å². The fourth-order valence-corrected chi connectivity index (χ4v) is 1.32. The molecule has 4 nitrogen and oxygen atoms in total. The second-order valence-corrected chi connectivity index (χ2v) is 3.89. The Balaban J connectivity index is 2.39. The molecule has 0 spiro atoms. The summed E-state index contributed by atoms with van der Waals surface area (Å²) in [5.74, 6) is -3.80. The number of halogens is 2. The quantitative estimate of drug-likeness (QED) is 0.671. The molecule has 0 heterocycles. The van der Waals surface area contributed by atoms with E-state index in [1.165, 1.54) is 0 Å². The average molecular weight is 262 g/mol. The molecule has 1 aromatic carbocycles. The van der Waals surface area contributed by atoms with E-state index in [1.54, 1.807) is 24.3 Å². The fourth-order valence-electron chi connectivity index (χ4n) is 1.32. The summed E-state index contributed by atoms with van der Waals surface area (Å²) < 4.78 is 31.3. The van der Waals surface area contributed by atoms with Crippen molar-refractivity contribution in [1.82, 2.24) is 0 Å². The first-order valence-electron chi connectivity index (χ1n) is 5.45. The molecule has 6 heteroatoms. The summed E-state index contributed by atoms with van der Waals surface area (Å²) in [6.45, 7) is -1.66. The molecule has 1 rings (SSSR count). The Labute approximate surface area is 103 Å². The van der Waals surface area contributed by atoms with Gasteiger partial charge in [-0.3, -0.25) is 0 Å². The molecule has 1 unspecified atom stereocenters. The molecule has 1 aromatic rings. The second kappa shape index (κ2) is 6.75. The molecule has 0 aromatic heterocycles. The molecule has 0 bridgehead atoms. The fraction of sp³-hybridized carbons (Fsp3) is 0.500. The summed E-state index contributed by atoms with van der Waals surface area (Å²) in [4.78, 5) is 0. The number of hydrogen-bond donors (Lipinski definition) is 3. The van der Waals surface area contributed by atoms with Gasteiger partial charge < -0.3 is 20.1 Å². The summed E-state index contributed by atoms with van der Waals surface area (Å²) in [5, 5.41) is 26.5.